The van der Waals surface area contributed by atoms with E-state index in [9.17, 15) is 9.50 Å². The Labute approximate surface area is 89.2 Å². The number of aliphatic hydroxyl groups excluding tert-OH is 1. The van der Waals surface area contributed by atoms with Crippen LogP contribution in [0.25, 0.3) is 0 Å². The molecule has 1 aromatic rings. The molecule has 1 saturated carbocycles. The highest BCUT2D eigenvalue weighted by Gasteiger charge is 2.23. The highest BCUT2D eigenvalue weighted by atomic mass is 19.1. The molecule has 0 aliphatic heterocycles. The molecular formula is C12H16FNO. The summed E-state index contributed by atoms with van der Waals surface area (Å²) in [5, 5.41) is 10.1. The van der Waals surface area contributed by atoms with Crippen molar-refractivity contribution in [2.45, 2.75) is 38.2 Å². The Morgan fingerprint density at radius 3 is 2.67 bits per heavy atom. The Bertz CT molecular complexity index is 323. The lowest BCUT2D eigenvalue weighted by molar-refractivity contribution is 0.0842. The molecule has 2 rings (SSSR count). The van der Waals surface area contributed by atoms with Crippen LogP contribution in [0.15, 0.2) is 18.5 Å². The molecule has 0 bridgehead atoms. The van der Waals surface area contributed by atoms with Crippen molar-refractivity contribution in [2.75, 3.05) is 0 Å². The lowest BCUT2D eigenvalue weighted by Crippen LogP contribution is -2.16. The molecule has 1 aliphatic carbocycles. The number of aromatic nitrogens is 1. The molecule has 2 nitrogen and oxygen atoms in total. The van der Waals surface area contributed by atoms with Crippen molar-refractivity contribution >= 4 is 0 Å². The fraction of sp³-hybridized carbons (Fsp3) is 0.583. The molecule has 0 amide bonds. The van der Waals surface area contributed by atoms with Crippen LogP contribution >= 0.6 is 0 Å². The van der Waals surface area contributed by atoms with Gasteiger partial charge in [-0.15, -0.1) is 0 Å². The lowest BCUT2D eigenvalue weighted by atomic mass is 9.83. The van der Waals surface area contributed by atoms with Crippen LogP contribution in [0.2, 0.25) is 0 Å². The van der Waals surface area contributed by atoms with Gasteiger partial charge in [-0.1, -0.05) is 19.3 Å². The fourth-order valence-corrected chi connectivity index (χ4v) is 2.31. The molecule has 1 aliphatic rings. The van der Waals surface area contributed by atoms with E-state index in [4.69, 9.17) is 0 Å². The van der Waals surface area contributed by atoms with Crippen LogP contribution in [0, 0.1) is 11.7 Å². The van der Waals surface area contributed by atoms with E-state index in [-0.39, 0.29) is 11.7 Å². The summed E-state index contributed by atoms with van der Waals surface area (Å²) in [6.07, 6.45) is 7.85. The van der Waals surface area contributed by atoms with Crippen LogP contribution in [-0.2, 0) is 0 Å². The van der Waals surface area contributed by atoms with Gasteiger partial charge in [-0.25, -0.2) is 4.39 Å². The maximum absolute atomic E-state index is 12.9. The fourth-order valence-electron chi connectivity index (χ4n) is 2.31. The zero-order valence-electron chi connectivity index (χ0n) is 8.69. The SMILES string of the molecule is O[C@@H](c1cncc(F)c1)C1CCCCC1. The maximum Gasteiger partial charge on any atom is 0.141 e. The van der Waals surface area contributed by atoms with Gasteiger partial charge in [0.2, 0.25) is 0 Å². The molecule has 0 unspecified atom stereocenters. The minimum atomic E-state index is -0.548. The van der Waals surface area contributed by atoms with Gasteiger partial charge < -0.3 is 5.11 Å². The summed E-state index contributed by atoms with van der Waals surface area (Å²) >= 11 is 0. The van der Waals surface area contributed by atoms with Gasteiger partial charge in [0, 0.05) is 11.8 Å². The Morgan fingerprint density at radius 2 is 2.00 bits per heavy atom. The van der Waals surface area contributed by atoms with E-state index in [0.717, 1.165) is 19.0 Å². The second kappa shape index (κ2) is 4.71. The number of aliphatic hydroxyl groups is 1. The van der Waals surface area contributed by atoms with Crippen LogP contribution < -0.4 is 0 Å². The minimum absolute atomic E-state index is 0.280. The van der Waals surface area contributed by atoms with E-state index in [1.54, 1.807) is 6.20 Å². The molecule has 15 heavy (non-hydrogen) atoms. The first-order chi connectivity index (χ1) is 7.27. The Balaban J connectivity index is 2.08. The molecule has 0 saturated heterocycles. The number of hydrogen-bond donors (Lipinski definition) is 1. The minimum Gasteiger partial charge on any atom is -0.388 e. The van der Waals surface area contributed by atoms with E-state index < -0.39 is 6.10 Å². The maximum atomic E-state index is 12.9. The average Bonchev–Trinajstić information content (AvgIpc) is 2.29. The number of halogens is 1. The monoisotopic (exact) mass is 209 g/mol. The van der Waals surface area contributed by atoms with Crippen LogP contribution in [0.5, 0.6) is 0 Å². The van der Waals surface area contributed by atoms with Crippen LogP contribution in [-0.4, -0.2) is 10.1 Å². The Hall–Kier alpha value is -0.960. The standard InChI is InChI=1S/C12H16FNO/c13-11-6-10(7-14-8-11)12(15)9-4-2-1-3-5-9/h6-9,12,15H,1-5H2/t12-/m1/s1. The van der Waals surface area contributed by atoms with Gasteiger partial charge in [0.25, 0.3) is 0 Å². The first kappa shape index (κ1) is 10.6. The predicted octanol–water partition coefficient (Wildman–Crippen LogP) is 2.83. The summed E-state index contributed by atoms with van der Waals surface area (Å²) in [5.74, 6) is -0.0929. The number of rotatable bonds is 2. The topological polar surface area (TPSA) is 33.1 Å². The van der Waals surface area contributed by atoms with E-state index in [0.29, 0.717) is 5.56 Å². The summed E-state index contributed by atoms with van der Waals surface area (Å²) in [7, 11) is 0. The van der Waals surface area contributed by atoms with Crippen LogP contribution in [0.4, 0.5) is 4.39 Å². The average molecular weight is 209 g/mol. The summed E-state index contributed by atoms with van der Waals surface area (Å²) in [4.78, 5) is 3.77. The normalized spacial score (nSPS) is 20.1. The van der Waals surface area contributed by atoms with Crippen molar-refractivity contribution in [3.05, 3.63) is 29.8 Å². The molecule has 82 valence electrons. The number of pyridine rings is 1. The van der Waals surface area contributed by atoms with Crippen molar-refractivity contribution in [3.63, 3.8) is 0 Å². The molecule has 0 aromatic carbocycles. The predicted molar refractivity (Wildman–Crippen MR) is 55.7 cm³/mol. The molecule has 0 spiro atoms. The third-order valence-corrected chi connectivity index (χ3v) is 3.16. The van der Waals surface area contributed by atoms with Gasteiger partial charge in [0.1, 0.15) is 5.82 Å². The van der Waals surface area contributed by atoms with Crippen LogP contribution in [0.3, 0.4) is 0 Å². The number of nitrogens with zero attached hydrogens (tertiary/aromatic N) is 1. The third kappa shape index (κ3) is 2.53. The molecule has 1 heterocycles. The Morgan fingerprint density at radius 1 is 1.27 bits per heavy atom. The second-order valence-corrected chi connectivity index (χ2v) is 4.28. The van der Waals surface area contributed by atoms with Gasteiger partial charge in [-0.2, -0.15) is 0 Å². The van der Waals surface area contributed by atoms with Gasteiger partial charge in [0.05, 0.1) is 12.3 Å². The van der Waals surface area contributed by atoms with Crippen molar-refractivity contribution in [2.24, 2.45) is 5.92 Å². The molecule has 1 fully saturated rings. The van der Waals surface area contributed by atoms with Gasteiger partial charge in [-0.05, 0) is 24.8 Å². The third-order valence-electron chi connectivity index (χ3n) is 3.16. The molecular weight excluding hydrogens is 193 g/mol. The van der Waals surface area contributed by atoms with Gasteiger partial charge in [-0.3, -0.25) is 4.98 Å². The molecule has 1 N–H and O–H groups in total. The van der Waals surface area contributed by atoms with Crippen molar-refractivity contribution in [1.82, 2.24) is 4.98 Å². The quantitative estimate of drug-likeness (QED) is 0.812. The summed E-state index contributed by atoms with van der Waals surface area (Å²) in [6, 6.07) is 1.38. The highest BCUT2D eigenvalue weighted by molar-refractivity contribution is 5.14. The first-order valence-corrected chi connectivity index (χ1v) is 5.56. The summed E-state index contributed by atoms with van der Waals surface area (Å²) < 4.78 is 12.9. The van der Waals surface area contributed by atoms with Crippen molar-refractivity contribution < 1.29 is 9.50 Å². The van der Waals surface area contributed by atoms with Crippen molar-refractivity contribution in [1.29, 1.82) is 0 Å². The van der Waals surface area contributed by atoms with Crippen molar-refractivity contribution in [3.8, 4) is 0 Å². The van der Waals surface area contributed by atoms with Gasteiger partial charge in [0.15, 0.2) is 0 Å². The zero-order chi connectivity index (χ0) is 10.7. The molecule has 1 atom stereocenters. The molecule has 1 aromatic heterocycles. The molecule has 3 heteroatoms. The second-order valence-electron chi connectivity index (χ2n) is 4.28. The van der Waals surface area contributed by atoms with Crippen LogP contribution in [0.1, 0.15) is 43.8 Å². The highest BCUT2D eigenvalue weighted by Crippen LogP contribution is 2.33. The first-order valence-electron chi connectivity index (χ1n) is 5.56. The van der Waals surface area contributed by atoms with E-state index in [1.807, 2.05) is 0 Å². The summed E-state index contributed by atoms with van der Waals surface area (Å²) in [5.41, 5.74) is 0.613. The Kier molecular flexibility index (Phi) is 3.31. The summed E-state index contributed by atoms with van der Waals surface area (Å²) in [6.45, 7) is 0. The lowest BCUT2D eigenvalue weighted by Gasteiger charge is -2.26. The van der Waals surface area contributed by atoms with E-state index >= 15 is 0 Å². The molecule has 0 radical (unpaired) electrons. The van der Waals surface area contributed by atoms with Gasteiger partial charge >= 0.3 is 0 Å². The largest absolute Gasteiger partial charge is 0.388 e. The number of hydrogen-bond acceptors (Lipinski definition) is 2. The van der Waals surface area contributed by atoms with E-state index in [2.05, 4.69) is 4.98 Å². The zero-order valence-corrected chi connectivity index (χ0v) is 8.69. The smallest absolute Gasteiger partial charge is 0.141 e. The van der Waals surface area contributed by atoms with E-state index in [1.165, 1.54) is 25.3 Å².